The van der Waals surface area contributed by atoms with Crippen LogP contribution >= 0.6 is 11.3 Å². The first kappa shape index (κ1) is 17.5. The molecule has 1 aromatic carbocycles. The fourth-order valence-corrected chi connectivity index (χ4v) is 3.03. The van der Waals surface area contributed by atoms with Crippen molar-refractivity contribution in [3.05, 3.63) is 51.5 Å². The van der Waals surface area contributed by atoms with Gasteiger partial charge >= 0.3 is 5.97 Å². The quantitative estimate of drug-likeness (QED) is 0.523. The standard InChI is InChI=1S/C17H19F2NO2S/c1-2-22-17(21)15-11-23-16(20-15)7-5-3-4-6-12-8-9-13(18)10-14(12)19/h8-11H,2-7H2,1H3. The summed E-state index contributed by atoms with van der Waals surface area (Å²) in [4.78, 5) is 15.8. The first-order valence-corrected chi connectivity index (χ1v) is 8.53. The van der Waals surface area contributed by atoms with E-state index in [2.05, 4.69) is 4.98 Å². The van der Waals surface area contributed by atoms with Crippen molar-refractivity contribution in [3.8, 4) is 0 Å². The molecule has 2 rings (SSSR count). The monoisotopic (exact) mass is 339 g/mol. The van der Waals surface area contributed by atoms with Gasteiger partial charge in [-0.3, -0.25) is 0 Å². The van der Waals surface area contributed by atoms with Crippen molar-refractivity contribution in [2.24, 2.45) is 0 Å². The predicted molar refractivity (Wildman–Crippen MR) is 85.7 cm³/mol. The summed E-state index contributed by atoms with van der Waals surface area (Å²) >= 11 is 1.45. The van der Waals surface area contributed by atoms with Gasteiger partial charge in [-0.15, -0.1) is 11.3 Å². The summed E-state index contributed by atoms with van der Waals surface area (Å²) in [7, 11) is 0. The van der Waals surface area contributed by atoms with E-state index in [1.807, 2.05) is 0 Å². The molecule has 1 heterocycles. The molecule has 23 heavy (non-hydrogen) atoms. The first-order valence-electron chi connectivity index (χ1n) is 7.65. The number of hydrogen-bond donors (Lipinski definition) is 0. The predicted octanol–water partition coefficient (Wildman–Crippen LogP) is 4.55. The zero-order valence-corrected chi connectivity index (χ0v) is 13.8. The molecule has 0 fully saturated rings. The molecule has 0 amide bonds. The van der Waals surface area contributed by atoms with Gasteiger partial charge in [0.2, 0.25) is 0 Å². The molecule has 0 aliphatic rings. The van der Waals surface area contributed by atoms with E-state index in [-0.39, 0.29) is 5.97 Å². The molecular formula is C17H19F2NO2S. The molecule has 0 aliphatic carbocycles. The average molecular weight is 339 g/mol. The van der Waals surface area contributed by atoms with E-state index in [0.717, 1.165) is 36.8 Å². The Kier molecular flexibility index (Phi) is 6.65. The van der Waals surface area contributed by atoms with Crippen LogP contribution in [0.15, 0.2) is 23.6 Å². The number of nitrogens with zero attached hydrogens (tertiary/aromatic N) is 1. The van der Waals surface area contributed by atoms with Gasteiger partial charge in [0.25, 0.3) is 0 Å². The fraction of sp³-hybridized carbons (Fsp3) is 0.412. The summed E-state index contributed by atoms with van der Waals surface area (Å²) in [6, 6.07) is 3.70. The van der Waals surface area contributed by atoms with E-state index in [9.17, 15) is 13.6 Å². The van der Waals surface area contributed by atoms with Gasteiger partial charge < -0.3 is 4.74 Å². The van der Waals surface area contributed by atoms with Gasteiger partial charge in [-0.25, -0.2) is 18.6 Å². The second-order valence-corrected chi connectivity index (χ2v) is 6.09. The van der Waals surface area contributed by atoms with Crippen molar-refractivity contribution in [2.45, 2.75) is 39.0 Å². The molecule has 0 saturated carbocycles. The molecule has 0 unspecified atom stereocenters. The van der Waals surface area contributed by atoms with Crippen LogP contribution in [0.3, 0.4) is 0 Å². The third kappa shape index (κ3) is 5.39. The molecule has 6 heteroatoms. The van der Waals surface area contributed by atoms with Gasteiger partial charge in [-0.1, -0.05) is 12.5 Å². The number of halogens is 2. The molecule has 0 aliphatic heterocycles. The van der Waals surface area contributed by atoms with Gasteiger partial charge in [0.15, 0.2) is 5.69 Å². The van der Waals surface area contributed by atoms with Crippen LogP contribution in [0.25, 0.3) is 0 Å². The van der Waals surface area contributed by atoms with E-state index >= 15 is 0 Å². The van der Waals surface area contributed by atoms with E-state index in [4.69, 9.17) is 4.74 Å². The number of ether oxygens (including phenoxy) is 1. The Morgan fingerprint density at radius 1 is 1.22 bits per heavy atom. The van der Waals surface area contributed by atoms with E-state index < -0.39 is 11.6 Å². The zero-order chi connectivity index (χ0) is 16.7. The third-order valence-corrected chi connectivity index (χ3v) is 4.30. The van der Waals surface area contributed by atoms with Crippen LogP contribution in [0, 0.1) is 11.6 Å². The van der Waals surface area contributed by atoms with Crippen LogP contribution in [0.1, 0.15) is 47.2 Å². The van der Waals surface area contributed by atoms with Crippen LogP contribution in [-0.2, 0) is 17.6 Å². The highest BCUT2D eigenvalue weighted by molar-refractivity contribution is 7.09. The highest BCUT2D eigenvalue weighted by Gasteiger charge is 2.11. The summed E-state index contributed by atoms with van der Waals surface area (Å²) < 4.78 is 31.2. The average Bonchev–Trinajstić information content (AvgIpc) is 2.98. The Labute approximate surface area is 138 Å². The molecule has 0 atom stereocenters. The summed E-state index contributed by atoms with van der Waals surface area (Å²) in [6.07, 6.45) is 4.05. The number of aromatic nitrogens is 1. The minimum absolute atomic E-state index is 0.339. The number of unbranched alkanes of at least 4 members (excludes halogenated alkanes) is 2. The van der Waals surface area contributed by atoms with Gasteiger partial charge in [0, 0.05) is 11.4 Å². The molecule has 0 spiro atoms. The van der Waals surface area contributed by atoms with Crippen molar-refractivity contribution < 1.29 is 18.3 Å². The molecular weight excluding hydrogens is 320 g/mol. The fourth-order valence-electron chi connectivity index (χ4n) is 2.22. The summed E-state index contributed by atoms with van der Waals surface area (Å²) in [5.41, 5.74) is 0.908. The van der Waals surface area contributed by atoms with Gasteiger partial charge in [-0.2, -0.15) is 0 Å². The summed E-state index contributed by atoms with van der Waals surface area (Å²) in [5.74, 6) is -1.42. The maximum absolute atomic E-state index is 13.5. The Morgan fingerprint density at radius 3 is 2.74 bits per heavy atom. The lowest BCUT2D eigenvalue weighted by atomic mass is 10.1. The Bertz CT molecular complexity index is 658. The lowest BCUT2D eigenvalue weighted by Crippen LogP contribution is -2.05. The van der Waals surface area contributed by atoms with Gasteiger partial charge in [-0.05, 0) is 44.2 Å². The Hall–Kier alpha value is -1.82. The van der Waals surface area contributed by atoms with Crippen molar-refractivity contribution in [3.63, 3.8) is 0 Å². The van der Waals surface area contributed by atoms with Gasteiger partial charge in [0.1, 0.15) is 11.6 Å². The molecule has 3 nitrogen and oxygen atoms in total. The number of aryl methyl sites for hydroxylation is 2. The van der Waals surface area contributed by atoms with E-state index in [0.29, 0.717) is 24.3 Å². The van der Waals surface area contributed by atoms with Crippen LogP contribution < -0.4 is 0 Å². The lowest BCUT2D eigenvalue weighted by molar-refractivity contribution is 0.0520. The number of thiazole rings is 1. The first-order chi connectivity index (χ1) is 11.1. The van der Waals surface area contributed by atoms with Crippen LogP contribution in [0.5, 0.6) is 0 Å². The molecule has 124 valence electrons. The second kappa shape index (κ2) is 8.72. The summed E-state index contributed by atoms with van der Waals surface area (Å²) in [5, 5.41) is 2.61. The molecule has 0 bridgehead atoms. The highest BCUT2D eigenvalue weighted by Crippen LogP contribution is 2.16. The number of hydrogen-bond acceptors (Lipinski definition) is 4. The number of esters is 1. The maximum Gasteiger partial charge on any atom is 0.357 e. The minimum Gasteiger partial charge on any atom is -0.461 e. The highest BCUT2D eigenvalue weighted by atomic mass is 32.1. The summed E-state index contributed by atoms with van der Waals surface area (Å²) in [6.45, 7) is 2.10. The number of benzene rings is 1. The third-order valence-electron chi connectivity index (χ3n) is 3.39. The molecule has 1 aromatic heterocycles. The topological polar surface area (TPSA) is 39.2 Å². The molecule has 2 aromatic rings. The smallest absolute Gasteiger partial charge is 0.357 e. The van der Waals surface area contributed by atoms with Crippen LogP contribution in [-0.4, -0.2) is 17.6 Å². The zero-order valence-electron chi connectivity index (χ0n) is 13.0. The molecule has 0 N–H and O–H groups in total. The van der Waals surface area contributed by atoms with Crippen molar-refractivity contribution >= 4 is 17.3 Å². The molecule has 0 saturated heterocycles. The van der Waals surface area contributed by atoms with Crippen molar-refractivity contribution in [2.75, 3.05) is 6.61 Å². The Morgan fingerprint density at radius 2 is 2.00 bits per heavy atom. The van der Waals surface area contributed by atoms with E-state index in [1.165, 1.54) is 23.5 Å². The van der Waals surface area contributed by atoms with Crippen LogP contribution in [0.4, 0.5) is 8.78 Å². The molecule has 0 radical (unpaired) electrons. The number of rotatable bonds is 8. The van der Waals surface area contributed by atoms with Crippen molar-refractivity contribution in [1.29, 1.82) is 0 Å². The lowest BCUT2D eigenvalue weighted by Gasteiger charge is -2.03. The maximum atomic E-state index is 13.5. The minimum atomic E-state index is -0.549. The largest absolute Gasteiger partial charge is 0.461 e. The van der Waals surface area contributed by atoms with E-state index in [1.54, 1.807) is 12.3 Å². The normalized spacial score (nSPS) is 10.7. The van der Waals surface area contributed by atoms with Gasteiger partial charge in [0.05, 0.1) is 11.6 Å². The van der Waals surface area contributed by atoms with Crippen molar-refractivity contribution in [1.82, 2.24) is 4.98 Å². The SMILES string of the molecule is CCOC(=O)c1csc(CCCCCc2ccc(F)cc2F)n1. The second-order valence-electron chi connectivity index (χ2n) is 5.14. The van der Waals surface area contributed by atoms with Crippen LogP contribution in [0.2, 0.25) is 0 Å². The number of carbonyl (C=O) groups is 1. The Balaban J connectivity index is 1.70. The number of carbonyl (C=O) groups excluding carboxylic acids is 1.